The molecule has 0 amide bonds. The fourth-order valence-corrected chi connectivity index (χ4v) is 2.88. The van der Waals surface area contributed by atoms with E-state index in [2.05, 4.69) is 45.6 Å². The lowest BCUT2D eigenvalue weighted by atomic mass is 10.3. The molecule has 0 aromatic carbocycles. The lowest BCUT2D eigenvalue weighted by Crippen LogP contribution is -2.44. The molecule has 2 saturated heterocycles. The first-order chi connectivity index (χ1) is 9.63. The van der Waals surface area contributed by atoms with E-state index in [0.29, 0.717) is 0 Å². The summed E-state index contributed by atoms with van der Waals surface area (Å²) in [5.41, 5.74) is 0. The van der Waals surface area contributed by atoms with Gasteiger partial charge in [0.1, 0.15) is 0 Å². The van der Waals surface area contributed by atoms with Gasteiger partial charge in [-0.3, -0.25) is 9.80 Å². The van der Waals surface area contributed by atoms with Gasteiger partial charge in [-0.1, -0.05) is 0 Å². The standard InChI is InChI=1S/C15H33N5/c1-16-4-5-17(2)7-11-20-13-9-18(3)8-12-19(10-6-16)14-15-20/h4-15H2,1-3H3. The first-order valence-electron chi connectivity index (χ1n) is 8.14. The first kappa shape index (κ1) is 16.2. The van der Waals surface area contributed by atoms with Gasteiger partial charge < -0.3 is 14.7 Å². The zero-order valence-corrected chi connectivity index (χ0v) is 13.7. The predicted octanol–water partition coefficient (Wildman–Crippen LogP) is -0.587. The Balaban J connectivity index is 1.98. The smallest absolute Gasteiger partial charge is 0.0110 e. The third-order valence-corrected chi connectivity index (χ3v) is 4.79. The molecule has 5 nitrogen and oxygen atoms in total. The monoisotopic (exact) mass is 283 g/mol. The van der Waals surface area contributed by atoms with Crippen molar-refractivity contribution in [1.82, 2.24) is 24.5 Å². The van der Waals surface area contributed by atoms with Crippen LogP contribution in [0.1, 0.15) is 0 Å². The van der Waals surface area contributed by atoms with E-state index in [1.165, 1.54) is 78.5 Å². The second-order valence-electron chi connectivity index (χ2n) is 6.59. The maximum atomic E-state index is 2.65. The molecule has 2 rings (SSSR count). The molecule has 0 radical (unpaired) electrons. The van der Waals surface area contributed by atoms with Crippen LogP contribution < -0.4 is 0 Å². The third kappa shape index (κ3) is 5.66. The number of hydrogen-bond acceptors (Lipinski definition) is 5. The summed E-state index contributed by atoms with van der Waals surface area (Å²) in [5, 5.41) is 0. The minimum Gasteiger partial charge on any atom is -0.304 e. The lowest BCUT2D eigenvalue weighted by molar-refractivity contribution is 0.162. The van der Waals surface area contributed by atoms with E-state index < -0.39 is 0 Å². The van der Waals surface area contributed by atoms with E-state index in [1.807, 2.05) is 0 Å². The molecule has 2 unspecified atom stereocenters. The number of hydrogen-bond donors (Lipinski definition) is 0. The van der Waals surface area contributed by atoms with Gasteiger partial charge in [-0.15, -0.1) is 0 Å². The summed E-state index contributed by atoms with van der Waals surface area (Å²) in [5.74, 6) is 0. The molecule has 0 aromatic heterocycles. The van der Waals surface area contributed by atoms with E-state index in [-0.39, 0.29) is 0 Å². The lowest BCUT2D eigenvalue weighted by Gasteiger charge is -2.31. The van der Waals surface area contributed by atoms with E-state index in [1.54, 1.807) is 0 Å². The summed E-state index contributed by atoms with van der Waals surface area (Å²) in [6.07, 6.45) is 0. The van der Waals surface area contributed by atoms with Crippen LogP contribution in [0.4, 0.5) is 0 Å². The van der Waals surface area contributed by atoms with Crippen LogP contribution in [0.3, 0.4) is 0 Å². The van der Waals surface area contributed by atoms with Crippen molar-refractivity contribution >= 4 is 0 Å². The van der Waals surface area contributed by atoms with Crippen LogP contribution in [0.25, 0.3) is 0 Å². The van der Waals surface area contributed by atoms with Crippen LogP contribution >= 0.6 is 0 Å². The number of nitrogens with zero attached hydrogens (tertiary/aromatic N) is 5. The minimum absolute atomic E-state index is 1.18. The summed E-state index contributed by atoms with van der Waals surface area (Å²) in [4.78, 5) is 12.7. The molecule has 2 atom stereocenters. The second kappa shape index (κ2) is 8.29. The maximum absolute atomic E-state index is 2.65. The summed E-state index contributed by atoms with van der Waals surface area (Å²) < 4.78 is 0. The molecule has 20 heavy (non-hydrogen) atoms. The van der Waals surface area contributed by atoms with Gasteiger partial charge in [0.25, 0.3) is 0 Å². The summed E-state index contributed by atoms with van der Waals surface area (Å²) in [6.45, 7) is 14.5. The molecule has 118 valence electrons. The molecule has 2 aliphatic heterocycles. The molecular formula is C15H33N5. The summed E-state index contributed by atoms with van der Waals surface area (Å²) in [6, 6.07) is 0. The van der Waals surface area contributed by atoms with Crippen LogP contribution in [0.5, 0.6) is 0 Å². The maximum Gasteiger partial charge on any atom is 0.0110 e. The van der Waals surface area contributed by atoms with Crippen molar-refractivity contribution < 1.29 is 0 Å². The molecule has 2 heterocycles. The molecule has 0 N–H and O–H groups in total. The Kier molecular flexibility index (Phi) is 6.71. The predicted molar refractivity (Wildman–Crippen MR) is 85.4 cm³/mol. The number of fused-ring (bicyclic) bond motifs is 3. The highest BCUT2D eigenvalue weighted by Crippen LogP contribution is 2.01. The highest BCUT2D eigenvalue weighted by Gasteiger charge is 2.16. The Morgan fingerprint density at radius 3 is 0.850 bits per heavy atom. The van der Waals surface area contributed by atoms with E-state index in [0.717, 1.165) is 0 Å². The number of rotatable bonds is 0. The summed E-state index contributed by atoms with van der Waals surface area (Å²) >= 11 is 0. The highest BCUT2D eigenvalue weighted by atomic mass is 15.3. The van der Waals surface area contributed by atoms with E-state index >= 15 is 0 Å². The SMILES string of the molecule is CN1CCN(C)CCN2CCN(C)CCN(CC1)CC2. The van der Waals surface area contributed by atoms with Gasteiger partial charge in [0, 0.05) is 78.5 Å². The Morgan fingerprint density at radius 1 is 0.350 bits per heavy atom. The first-order valence-corrected chi connectivity index (χ1v) is 8.14. The van der Waals surface area contributed by atoms with Crippen LogP contribution in [-0.4, -0.2) is 124 Å². The molecular weight excluding hydrogens is 250 g/mol. The zero-order chi connectivity index (χ0) is 14.4. The topological polar surface area (TPSA) is 16.2 Å². The Bertz CT molecular complexity index is 247. The van der Waals surface area contributed by atoms with Gasteiger partial charge in [0.15, 0.2) is 0 Å². The van der Waals surface area contributed by atoms with Crippen molar-refractivity contribution in [2.24, 2.45) is 0 Å². The number of likely N-dealkylation sites (N-methyl/N-ethyl adjacent to an activating group) is 3. The highest BCUT2D eigenvalue weighted by molar-refractivity contribution is 4.73. The van der Waals surface area contributed by atoms with Gasteiger partial charge in [-0.2, -0.15) is 0 Å². The van der Waals surface area contributed by atoms with Crippen LogP contribution in [0.2, 0.25) is 0 Å². The molecule has 0 aliphatic carbocycles. The minimum atomic E-state index is 1.18. The largest absolute Gasteiger partial charge is 0.304 e. The third-order valence-electron chi connectivity index (χ3n) is 4.79. The fourth-order valence-electron chi connectivity index (χ4n) is 2.88. The van der Waals surface area contributed by atoms with Crippen molar-refractivity contribution in [3.05, 3.63) is 0 Å². The molecule has 5 heteroatoms. The van der Waals surface area contributed by atoms with Crippen LogP contribution in [-0.2, 0) is 0 Å². The van der Waals surface area contributed by atoms with E-state index in [4.69, 9.17) is 0 Å². The average molecular weight is 283 g/mol. The van der Waals surface area contributed by atoms with Gasteiger partial charge in [-0.25, -0.2) is 0 Å². The normalized spacial score (nSPS) is 33.8. The fraction of sp³-hybridized carbons (Fsp3) is 1.00. The molecule has 0 spiro atoms. The van der Waals surface area contributed by atoms with Gasteiger partial charge >= 0.3 is 0 Å². The van der Waals surface area contributed by atoms with Gasteiger partial charge in [0.05, 0.1) is 0 Å². The van der Waals surface area contributed by atoms with Gasteiger partial charge in [-0.05, 0) is 21.1 Å². The Morgan fingerprint density at radius 2 is 0.550 bits per heavy atom. The van der Waals surface area contributed by atoms with Gasteiger partial charge in [0.2, 0.25) is 0 Å². The summed E-state index contributed by atoms with van der Waals surface area (Å²) in [7, 11) is 6.78. The molecule has 2 aliphatic rings. The van der Waals surface area contributed by atoms with Crippen LogP contribution in [0, 0.1) is 0 Å². The Hall–Kier alpha value is -0.200. The Labute approximate surface area is 125 Å². The van der Waals surface area contributed by atoms with Crippen molar-refractivity contribution in [3.8, 4) is 0 Å². The molecule has 0 saturated carbocycles. The second-order valence-corrected chi connectivity index (χ2v) is 6.59. The van der Waals surface area contributed by atoms with Crippen molar-refractivity contribution in [2.75, 3.05) is 99.7 Å². The zero-order valence-electron chi connectivity index (χ0n) is 13.7. The van der Waals surface area contributed by atoms with Crippen molar-refractivity contribution in [3.63, 3.8) is 0 Å². The average Bonchev–Trinajstić information content (AvgIpc) is 2.51. The van der Waals surface area contributed by atoms with Crippen molar-refractivity contribution in [1.29, 1.82) is 0 Å². The van der Waals surface area contributed by atoms with E-state index in [9.17, 15) is 0 Å². The molecule has 0 aromatic rings. The quantitative estimate of drug-likeness (QED) is 0.589. The molecule has 2 bridgehead atoms. The van der Waals surface area contributed by atoms with Crippen molar-refractivity contribution in [2.45, 2.75) is 0 Å². The van der Waals surface area contributed by atoms with Crippen LogP contribution in [0.15, 0.2) is 0 Å². The molecule has 2 fully saturated rings.